The van der Waals surface area contributed by atoms with Crippen LogP contribution in [0.4, 0.5) is 10.5 Å². The first-order valence-electron chi connectivity index (χ1n) is 8.71. The second kappa shape index (κ2) is 8.44. The number of urea groups is 1. The van der Waals surface area contributed by atoms with Crippen LogP contribution in [-0.4, -0.2) is 38.7 Å². The van der Waals surface area contributed by atoms with Crippen LogP contribution in [-0.2, 0) is 11.3 Å². The highest BCUT2D eigenvalue weighted by Gasteiger charge is 2.31. The number of benzene rings is 2. The number of rotatable bonds is 6. The van der Waals surface area contributed by atoms with Gasteiger partial charge in [-0.15, -0.1) is 0 Å². The van der Waals surface area contributed by atoms with E-state index in [1.165, 1.54) is 0 Å². The summed E-state index contributed by atoms with van der Waals surface area (Å²) in [4.78, 5) is 26.2. The first-order chi connectivity index (χ1) is 13.1. The summed E-state index contributed by atoms with van der Waals surface area (Å²) in [6, 6.07) is 14.3. The van der Waals surface area contributed by atoms with Crippen molar-refractivity contribution in [3.05, 3.63) is 54.1 Å². The van der Waals surface area contributed by atoms with Gasteiger partial charge in [0.1, 0.15) is 11.5 Å². The molecule has 142 valence electrons. The minimum atomic E-state index is -0.314. The average Bonchev–Trinajstić information content (AvgIpc) is 3.06. The number of nitrogens with zero attached hydrogens (tertiary/aromatic N) is 1. The predicted octanol–water partition coefficient (Wildman–Crippen LogP) is 2.31. The Balaban J connectivity index is 1.55. The van der Waals surface area contributed by atoms with E-state index in [-0.39, 0.29) is 24.4 Å². The molecule has 1 aliphatic heterocycles. The second-order valence-corrected chi connectivity index (χ2v) is 6.25. The molecule has 1 atom stereocenters. The number of methoxy groups -OCH3 is 2. The van der Waals surface area contributed by atoms with E-state index in [2.05, 4.69) is 10.6 Å². The lowest BCUT2D eigenvalue weighted by atomic mass is 10.2. The molecular formula is C20H23N3O4. The zero-order valence-electron chi connectivity index (χ0n) is 15.4. The third-order valence-corrected chi connectivity index (χ3v) is 4.46. The molecule has 2 N–H and O–H groups in total. The molecule has 2 aromatic rings. The monoisotopic (exact) mass is 369 g/mol. The Bertz CT molecular complexity index is 824. The van der Waals surface area contributed by atoms with Crippen LogP contribution in [0.3, 0.4) is 0 Å². The van der Waals surface area contributed by atoms with Crippen LogP contribution >= 0.6 is 0 Å². The fourth-order valence-electron chi connectivity index (χ4n) is 3.09. The number of para-hydroxylation sites is 1. The van der Waals surface area contributed by atoms with Gasteiger partial charge in [0.15, 0.2) is 0 Å². The SMILES string of the molecule is COc1cccc(N2CC(NC(=O)NCc3ccccc3OC)CC2=O)c1. The fraction of sp³-hybridized carbons (Fsp3) is 0.300. The van der Waals surface area contributed by atoms with Crippen molar-refractivity contribution in [3.8, 4) is 11.5 Å². The van der Waals surface area contributed by atoms with E-state index in [1.807, 2.05) is 48.5 Å². The highest BCUT2D eigenvalue weighted by atomic mass is 16.5. The largest absolute Gasteiger partial charge is 0.497 e. The van der Waals surface area contributed by atoms with Gasteiger partial charge in [0, 0.05) is 36.8 Å². The van der Waals surface area contributed by atoms with Crippen molar-refractivity contribution in [2.75, 3.05) is 25.7 Å². The summed E-state index contributed by atoms with van der Waals surface area (Å²) in [5, 5.41) is 5.67. The number of carbonyl (C=O) groups is 2. The smallest absolute Gasteiger partial charge is 0.315 e. The topological polar surface area (TPSA) is 79.9 Å². The summed E-state index contributed by atoms with van der Waals surface area (Å²) in [5.74, 6) is 1.38. The Labute approximate surface area is 158 Å². The molecule has 0 bridgehead atoms. The third-order valence-electron chi connectivity index (χ3n) is 4.46. The molecule has 1 saturated heterocycles. The van der Waals surface area contributed by atoms with Crippen LogP contribution in [0.2, 0.25) is 0 Å². The quantitative estimate of drug-likeness (QED) is 0.819. The van der Waals surface area contributed by atoms with Crippen molar-refractivity contribution in [1.29, 1.82) is 0 Å². The van der Waals surface area contributed by atoms with Gasteiger partial charge in [0.2, 0.25) is 5.91 Å². The van der Waals surface area contributed by atoms with Gasteiger partial charge in [0.25, 0.3) is 0 Å². The lowest BCUT2D eigenvalue weighted by Gasteiger charge is -2.18. The van der Waals surface area contributed by atoms with Crippen molar-refractivity contribution < 1.29 is 19.1 Å². The van der Waals surface area contributed by atoms with E-state index in [1.54, 1.807) is 19.1 Å². The number of amides is 3. The summed E-state index contributed by atoms with van der Waals surface area (Å²) in [6.45, 7) is 0.768. The molecule has 0 aliphatic carbocycles. The van der Waals surface area contributed by atoms with Gasteiger partial charge < -0.3 is 25.0 Å². The highest BCUT2D eigenvalue weighted by molar-refractivity contribution is 5.97. The molecule has 1 fully saturated rings. The lowest BCUT2D eigenvalue weighted by Crippen LogP contribution is -2.43. The number of ether oxygens (including phenoxy) is 2. The molecule has 1 unspecified atom stereocenters. The number of carbonyl (C=O) groups excluding carboxylic acids is 2. The molecule has 0 spiro atoms. The van der Waals surface area contributed by atoms with Crippen LogP contribution in [0.25, 0.3) is 0 Å². The molecule has 27 heavy (non-hydrogen) atoms. The van der Waals surface area contributed by atoms with E-state index in [0.717, 1.165) is 17.0 Å². The maximum absolute atomic E-state index is 12.3. The van der Waals surface area contributed by atoms with Gasteiger partial charge in [-0.3, -0.25) is 4.79 Å². The molecule has 7 heteroatoms. The zero-order chi connectivity index (χ0) is 19.2. The molecule has 1 aliphatic rings. The molecule has 2 aromatic carbocycles. The van der Waals surface area contributed by atoms with Gasteiger partial charge in [-0.1, -0.05) is 24.3 Å². The van der Waals surface area contributed by atoms with Crippen molar-refractivity contribution in [1.82, 2.24) is 10.6 Å². The van der Waals surface area contributed by atoms with Crippen LogP contribution in [0.1, 0.15) is 12.0 Å². The van der Waals surface area contributed by atoms with E-state index in [9.17, 15) is 9.59 Å². The zero-order valence-corrected chi connectivity index (χ0v) is 15.4. The van der Waals surface area contributed by atoms with Crippen molar-refractivity contribution in [2.45, 2.75) is 19.0 Å². The van der Waals surface area contributed by atoms with Crippen molar-refractivity contribution in [3.63, 3.8) is 0 Å². The lowest BCUT2D eigenvalue weighted by molar-refractivity contribution is -0.117. The first-order valence-corrected chi connectivity index (χ1v) is 8.71. The Morgan fingerprint density at radius 3 is 2.74 bits per heavy atom. The Hall–Kier alpha value is -3.22. The van der Waals surface area contributed by atoms with Crippen LogP contribution in [0, 0.1) is 0 Å². The maximum atomic E-state index is 12.3. The molecule has 3 amide bonds. The van der Waals surface area contributed by atoms with Gasteiger partial charge in [-0.05, 0) is 18.2 Å². The number of anilines is 1. The van der Waals surface area contributed by atoms with E-state index in [0.29, 0.717) is 18.8 Å². The number of hydrogen-bond acceptors (Lipinski definition) is 4. The average molecular weight is 369 g/mol. The first kappa shape index (κ1) is 18.6. The van der Waals surface area contributed by atoms with E-state index in [4.69, 9.17) is 9.47 Å². The fourth-order valence-corrected chi connectivity index (χ4v) is 3.09. The van der Waals surface area contributed by atoms with Gasteiger partial charge in [-0.2, -0.15) is 0 Å². The van der Waals surface area contributed by atoms with Crippen LogP contribution in [0.5, 0.6) is 11.5 Å². The third kappa shape index (κ3) is 4.49. The van der Waals surface area contributed by atoms with Gasteiger partial charge >= 0.3 is 6.03 Å². The van der Waals surface area contributed by atoms with Gasteiger partial charge in [-0.25, -0.2) is 4.79 Å². The normalized spacial score (nSPS) is 16.1. The van der Waals surface area contributed by atoms with Crippen LogP contribution in [0.15, 0.2) is 48.5 Å². The Morgan fingerprint density at radius 2 is 1.96 bits per heavy atom. The minimum Gasteiger partial charge on any atom is -0.497 e. The van der Waals surface area contributed by atoms with Gasteiger partial charge in [0.05, 0.1) is 20.3 Å². The summed E-state index contributed by atoms with van der Waals surface area (Å²) >= 11 is 0. The molecule has 0 aromatic heterocycles. The van der Waals surface area contributed by atoms with Crippen molar-refractivity contribution >= 4 is 17.6 Å². The maximum Gasteiger partial charge on any atom is 0.315 e. The van der Waals surface area contributed by atoms with Crippen molar-refractivity contribution in [2.24, 2.45) is 0 Å². The Morgan fingerprint density at radius 1 is 1.15 bits per heavy atom. The number of nitrogens with one attached hydrogen (secondary N) is 2. The van der Waals surface area contributed by atoms with E-state index < -0.39 is 0 Å². The standard InChI is InChI=1S/C20H23N3O4/c1-26-17-8-5-7-16(11-17)23-13-15(10-19(23)24)22-20(25)21-12-14-6-3-4-9-18(14)27-2/h3-9,11,15H,10,12-13H2,1-2H3,(H2,21,22,25). The second-order valence-electron chi connectivity index (χ2n) is 6.25. The highest BCUT2D eigenvalue weighted by Crippen LogP contribution is 2.25. The summed E-state index contributed by atoms with van der Waals surface area (Å²) < 4.78 is 10.5. The molecule has 3 rings (SSSR count). The molecular weight excluding hydrogens is 346 g/mol. The molecule has 0 radical (unpaired) electrons. The minimum absolute atomic E-state index is 0.0294. The summed E-state index contributed by atoms with van der Waals surface area (Å²) in [6.07, 6.45) is 0.263. The molecule has 7 nitrogen and oxygen atoms in total. The number of hydrogen-bond donors (Lipinski definition) is 2. The summed E-state index contributed by atoms with van der Waals surface area (Å²) in [5.41, 5.74) is 1.65. The molecule has 0 saturated carbocycles. The van der Waals surface area contributed by atoms with Crippen LogP contribution < -0.4 is 25.0 Å². The van der Waals surface area contributed by atoms with E-state index >= 15 is 0 Å². The predicted molar refractivity (Wildman–Crippen MR) is 102 cm³/mol. The molecule has 1 heterocycles. The Kier molecular flexibility index (Phi) is 5.80. The summed E-state index contributed by atoms with van der Waals surface area (Å²) in [7, 11) is 3.18.